The molecule has 7 nitrogen and oxygen atoms in total. The number of fused-ring (bicyclic) bond motifs is 3. The van der Waals surface area contributed by atoms with E-state index in [1.54, 1.807) is 37.7 Å². The summed E-state index contributed by atoms with van der Waals surface area (Å²) in [6.45, 7) is 5.20. The summed E-state index contributed by atoms with van der Waals surface area (Å²) in [5, 5.41) is 8.12. The lowest BCUT2D eigenvalue weighted by Gasteiger charge is -2.56. The standard InChI is InChI=1S/C28H32Cl2N5O2P/c1-38(2,36)26-12-19(29)6-10-25(26)33-27-24(30)14-31-28(34-27)32-20-7-3-17-4-8-21(9-5-18(17)11-20)35-22-13-23(35)16-37-15-22/h3,6-7,10-12,14,21-23H,4-5,8-9,13,15-16H2,1-2H3,(H2,31,32,33,34)/t21-,22?,23?/m1/s1. The van der Waals surface area contributed by atoms with Crippen molar-refractivity contribution in [1.82, 2.24) is 14.9 Å². The van der Waals surface area contributed by atoms with Crippen LogP contribution in [0.25, 0.3) is 0 Å². The van der Waals surface area contributed by atoms with Crippen LogP contribution < -0.4 is 15.9 Å². The van der Waals surface area contributed by atoms with Crippen LogP contribution in [0.1, 0.15) is 30.4 Å². The Morgan fingerprint density at radius 1 is 0.974 bits per heavy atom. The number of nitrogens with zero attached hydrogens (tertiary/aromatic N) is 3. The minimum absolute atomic E-state index is 0.368. The summed E-state index contributed by atoms with van der Waals surface area (Å²) in [5.74, 6) is 0.867. The van der Waals surface area contributed by atoms with E-state index in [4.69, 9.17) is 27.9 Å². The lowest BCUT2D eigenvalue weighted by molar-refractivity contribution is -0.148. The fraction of sp³-hybridized carbons (Fsp3) is 0.429. The SMILES string of the molecule is CP(C)(=O)c1cc(Cl)ccc1Nc1nc(Nc2ccc3c(c2)CC[C@H](N2C4COCC2C4)CC3)ncc1Cl. The van der Waals surface area contributed by atoms with E-state index >= 15 is 0 Å². The average Bonchev–Trinajstić information content (AvgIpc) is 3.09. The number of rotatable bonds is 6. The number of hydrogen-bond acceptors (Lipinski definition) is 7. The van der Waals surface area contributed by atoms with Crippen molar-refractivity contribution < 1.29 is 9.30 Å². The molecular weight excluding hydrogens is 540 g/mol. The molecule has 2 saturated heterocycles. The van der Waals surface area contributed by atoms with E-state index in [0.29, 0.717) is 50.9 Å². The molecule has 2 bridgehead atoms. The molecule has 2 fully saturated rings. The fourth-order valence-electron chi connectivity index (χ4n) is 6.06. The molecule has 200 valence electrons. The van der Waals surface area contributed by atoms with Gasteiger partial charge < -0.3 is 19.9 Å². The number of nitrogens with one attached hydrogen (secondary N) is 2. The van der Waals surface area contributed by atoms with Gasteiger partial charge in [-0.3, -0.25) is 4.90 Å². The Hall–Kier alpha value is -2.15. The Labute approximate surface area is 233 Å². The normalized spacial score (nSPS) is 23.2. The van der Waals surface area contributed by atoms with Gasteiger partial charge in [-0.2, -0.15) is 4.98 Å². The Morgan fingerprint density at radius 3 is 2.47 bits per heavy atom. The van der Waals surface area contributed by atoms with Gasteiger partial charge in [0, 0.05) is 34.1 Å². The van der Waals surface area contributed by atoms with Crippen molar-refractivity contribution >= 4 is 58.8 Å². The highest BCUT2D eigenvalue weighted by Crippen LogP contribution is 2.40. The molecular formula is C28H32Cl2N5O2P. The molecule has 2 N–H and O–H groups in total. The third kappa shape index (κ3) is 5.32. The Bertz CT molecular complexity index is 1400. The molecule has 3 heterocycles. The van der Waals surface area contributed by atoms with Gasteiger partial charge in [-0.25, -0.2) is 4.98 Å². The summed E-state index contributed by atoms with van der Waals surface area (Å²) in [6, 6.07) is 13.7. The molecule has 3 aromatic rings. The number of aromatic nitrogens is 2. The fourth-order valence-corrected chi connectivity index (χ4v) is 7.60. The number of hydrogen-bond donors (Lipinski definition) is 2. The summed E-state index contributed by atoms with van der Waals surface area (Å²) < 4.78 is 18.6. The van der Waals surface area contributed by atoms with E-state index in [-0.39, 0.29) is 0 Å². The van der Waals surface area contributed by atoms with Gasteiger partial charge in [-0.15, -0.1) is 0 Å². The first-order valence-corrected chi connectivity index (χ1v) is 16.5. The molecule has 3 atom stereocenters. The first-order chi connectivity index (χ1) is 18.2. The maximum atomic E-state index is 12.9. The minimum atomic E-state index is -2.59. The van der Waals surface area contributed by atoms with Crippen LogP contribution in [0.2, 0.25) is 10.0 Å². The van der Waals surface area contributed by atoms with Gasteiger partial charge in [-0.05, 0) is 86.9 Å². The maximum absolute atomic E-state index is 12.9. The molecule has 10 heteroatoms. The Kier molecular flexibility index (Phi) is 7.17. The van der Waals surface area contributed by atoms with Gasteiger partial charge in [0.05, 0.1) is 25.1 Å². The van der Waals surface area contributed by atoms with E-state index in [9.17, 15) is 4.57 Å². The summed E-state index contributed by atoms with van der Waals surface area (Å²) in [5.41, 5.74) is 4.42. The van der Waals surface area contributed by atoms with Crippen molar-refractivity contribution in [2.75, 3.05) is 37.2 Å². The number of morpholine rings is 1. The molecule has 2 aliphatic heterocycles. The highest BCUT2D eigenvalue weighted by atomic mass is 35.5. The smallest absolute Gasteiger partial charge is 0.229 e. The van der Waals surface area contributed by atoms with Crippen LogP contribution in [0.15, 0.2) is 42.6 Å². The second-order valence-corrected chi connectivity index (χ2v) is 14.9. The second-order valence-electron chi connectivity index (χ2n) is 10.9. The molecule has 0 spiro atoms. The number of ether oxygens (including phenoxy) is 1. The molecule has 1 aliphatic carbocycles. The van der Waals surface area contributed by atoms with Crippen LogP contribution in [-0.4, -0.2) is 59.5 Å². The zero-order valence-corrected chi connectivity index (χ0v) is 24.0. The van der Waals surface area contributed by atoms with E-state index in [2.05, 4.69) is 43.7 Å². The lowest BCUT2D eigenvalue weighted by atomic mass is 9.87. The van der Waals surface area contributed by atoms with Crippen molar-refractivity contribution in [3.05, 3.63) is 63.8 Å². The highest BCUT2D eigenvalue weighted by molar-refractivity contribution is 7.70. The molecule has 0 radical (unpaired) electrons. The third-order valence-corrected chi connectivity index (χ3v) is 9.96. The summed E-state index contributed by atoms with van der Waals surface area (Å²) in [6.07, 6.45) is 7.41. The summed E-state index contributed by atoms with van der Waals surface area (Å²) in [7, 11) is -2.59. The maximum Gasteiger partial charge on any atom is 0.229 e. The average molecular weight is 572 g/mol. The zero-order valence-electron chi connectivity index (χ0n) is 21.6. The van der Waals surface area contributed by atoms with Gasteiger partial charge in [0.25, 0.3) is 0 Å². The molecule has 0 amide bonds. The highest BCUT2D eigenvalue weighted by Gasteiger charge is 2.45. The minimum Gasteiger partial charge on any atom is -0.378 e. The quantitative estimate of drug-likeness (QED) is 0.268. The number of halogens is 2. The zero-order chi connectivity index (χ0) is 26.4. The lowest BCUT2D eigenvalue weighted by Crippen LogP contribution is -2.66. The van der Waals surface area contributed by atoms with Crippen molar-refractivity contribution in [2.24, 2.45) is 0 Å². The van der Waals surface area contributed by atoms with Gasteiger partial charge in [0.15, 0.2) is 5.82 Å². The van der Waals surface area contributed by atoms with Crippen LogP contribution >= 0.6 is 30.3 Å². The van der Waals surface area contributed by atoms with Crippen molar-refractivity contribution in [3.63, 3.8) is 0 Å². The van der Waals surface area contributed by atoms with Crippen LogP contribution in [0.3, 0.4) is 0 Å². The monoisotopic (exact) mass is 571 g/mol. The van der Waals surface area contributed by atoms with E-state index in [1.165, 1.54) is 30.4 Å². The van der Waals surface area contributed by atoms with Gasteiger partial charge >= 0.3 is 0 Å². The molecule has 6 rings (SSSR count). The number of aryl methyl sites for hydroxylation is 2. The summed E-state index contributed by atoms with van der Waals surface area (Å²) >= 11 is 12.6. The predicted molar refractivity (Wildman–Crippen MR) is 156 cm³/mol. The molecule has 2 unspecified atom stereocenters. The summed E-state index contributed by atoms with van der Waals surface area (Å²) in [4.78, 5) is 11.7. The van der Waals surface area contributed by atoms with Crippen LogP contribution in [0, 0.1) is 0 Å². The molecule has 2 aromatic carbocycles. The van der Waals surface area contributed by atoms with E-state index in [0.717, 1.165) is 31.7 Å². The van der Waals surface area contributed by atoms with Crippen molar-refractivity contribution in [3.8, 4) is 0 Å². The van der Waals surface area contributed by atoms with E-state index < -0.39 is 7.14 Å². The van der Waals surface area contributed by atoms with Crippen molar-refractivity contribution in [1.29, 1.82) is 0 Å². The Morgan fingerprint density at radius 2 is 1.74 bits per heavy atom. The number of anilines is 4. The van der Waals surface area contributed by atoms with Crippen molar-refractivity contribution in [2.45, 2.75) is 50.2 Å². The second kappa shape index (κ2) is 10.4. The van der Waals surface area contributed by atoms with Gasteiger partial charge in [0.2, 0.25) is 5.95 Å². The van der Waals surface area contributed by atoms with Crippen LogP contribution in [0.5, 0.6) is 0 Å². The molecule has 3 aliphatic rings. The van der Waals surface area contributed by atoms with Gasteiger partial charge in [0.1, 0.15) is 12.2 Å². The first-order valence-electron chi connectivity index (χ1n) is 13.1. The molecule has 0 saturated carbocycles. The first kappa shape index (κ1) is 26.1. The Balaban J connectivity index is 1.18. The van der Waals surface area contributed by atoms with Crippen LogP contribution in [0.4, 0.5) is 23.1 Å². The third-order valence-electron chi connectivity index (χ3n) is 7.92. The van der Waals surface area contributed by atoms with Crippen LogP contribution in [-0.2, 0) is 22.1 Å². The predicted octanol–water partition coefficient (Wildman–Crippen LogP) is 6.24. The molecule has 38 heavy (non-hydrogen) atoms. The number of benzene rings is 2. The van der Waals surface area contributed by atoms with E-state index in [1.807, 2.05) is 0 Å². The van der Waals surface area contributed by atoms with Gasteiger partial charge in [-0.1, -0.05) is 29.3 Å². The molecule has 1 aromatic heterocycles. The largest absolute Gasteiger partial charge is 0.378 e. The topological polar surface area (TPSA) is 79.4 Å².